The van der Waals surface area contributed by atoms with Gasteiger partial charge >= 0.3 is 0 Å². The number of ether oxygens (including phenoxy) is 1. The van der Waals surface area contributed by atoms with E-state index in [1.165, 1.54) is 5.56 Å². The average Bonchev–Trinajstić information content (AvgIpc) is 2.37. The van der Waals surface area contributed by atoms with Gasteiger partial charge in [-0.05, 0) is 23.6 Å². The summed E-state index contributed by atoms with van der Waals surface area (Å²) in [6, 6.07) is 6.28. The van der Waals surface area contributed by atoms with Crippen LogP contribution in [0.15, 0.2) is 18.2 Å². The number of amides is 1. The maximum Gasteiger partial charge on any atom is 0.241 e. The Labute approximate surface area is 107 Å². The Morgan fingerprint density at radius 3 is 3.06 bits per heavy atom. The van der Waals surface area contributed by atoms with Gasteiger partial charge in [0.1, 0.15) is 12.4 Å². The van der Waals surface area contributed by atoms with Gasteiger partial charge in [0.2, 0.25) is 5.91 Å². The van der Waals surface area contributed by atoms with Gasteiger partial charge < -0.3 is 15.0 Å². The summed E-state index contributed by atoms with van der Waals surface area (Å²) >= 11 is 0. The maximum atomic E-state index is 12.1. The number of benzene rings is 1. The molecule has 18 heavy (non-hydrogen) atoms. The first-order valence-electron chi connectivity index (χ1n) is 6.46. The van der Waals surface area contributed by atoms with Gasteiger partial charge in [0.25, 0.3) is 0 Å². The highest BCUT2D eigenvalue weighted by Crippen LogP contribution is 2.36. The van der Waals surface area contributed by atoms with Crippen molar-refractivity contribution in [3.05, 3.63) is 23.8 Å². The predicted octanol–water partition coefficient (Wildman–Crippen LogP) is 1.51. The van der Waals surface area contributed by atoms with Crippen molar-refractivity contribution in [1.82, 2.24) is 5.32 Å². The minimum absolute atomic E-state index is 0.126. The number of hydrogen-bond acceptors (Lipinski definition) is 3. The van der Waals surface area contributed by atoms with E-state index >= 15 is 0 Å². The molecule has 0 aliphatic carbocycles. The van der Waals surface area contributed by atoms with E-state index in [4.69, 9.17) is 4.74 Å². The summed E-state index contributed by atoms with van der Waals surface area (Å²) in [7, 11) is 0. The molecule has 1 aromatic carbocycles. The molecule has 1 aromatic rings. The topological polar surface area (TPSA) is 41.6 Å². The fraction of sp³-hybridized carbons (Fsp3) is 0.500. The number of nitrogens with one attached hydrogen (secondary N) is 1. The zero-order valence-electron chi connectivity index (χ0n) is 10.8. The second-order valence-corrected chi connectivity index (χ2v) is 5.24. The molecule has 2 heterocycles. The van der Waals surface area contributed by atoms with E-state index in [9.17, 15) is 4.79 Å². The highest BCUT2D eigenvalue weighted by atomic mass is 16.5. The second kappa shape index (κ2) is 4.28. The number of rotatable bonds is 1. The quantitative estimate of drug-likeness (QED) is 0.816. The van der Waals surface area contributed by atoms with Crippen molar-refractivity contribution in [1.29, 1.82) is 0 Å². The maximum absolute atomic E-state index is 12.1. The van der Waals surface area contributed by atoms with Crippen LogP contribution in [0.5, 0.6) is 5.75 Å². The van der Waals surface area contributed by atoms with E-state index in [2.05, 4.69) is 31.3 Å². The minimum atomic E-state index is 0.126. The predicted molar refractivity (Wildman–Crippen MR) is 70.2 cm³/mol. The van der Waals surface area contributed by atoms with E-state index in [-0.39, 0.29) is 11.9 Å². The summed E-state index contributed by atoms with van der Waals surface area (Å²) in [5.41, 5.74) is 2.17. The number of anilines is 1. The highest BCUT2D eigenvalue weighted by Gasteiger charge is 2.35. The first kappa shape index (κ1) is 11.5. The van der Waals surface area contributed by atoms with Gasteiger partial charge in [-0.25, -0.2) is 0 Å². The summed E-state index contributed by atoms with van der Waals surface area (Å²) in [5, 5.41) is 3.13. The molecule has 2 aliphatic rings. The molecule has 1 fully saturated rings. The van der Waals surface area contributed by atoms with E-state index in [1.54, 1.807) is 0 Å². The van der Waals surface area contributed by atoms with Crippen LogP contribution in [0.4, 0.5) is 5.69 Å². The van der Waals surface area contributed by atoms with E-state index in [1.807, 2.05) is 11.0 Å². The highest BCUT2D eigenvalue weighted by molar-refractivity contribution is 5.98. The van der Waals surface area contributed by atoms with Gasteiger partial charge in [0.15, 0.2) is 0 Å². The molecule has 0 radical (unpaired) electrons. The minimum Gasteiger partial charge on any atom is -0.489 e. The molecular weight excluding hydrogens is 228 g/mol. The number of nitrogens with zero attached hydrogens (tertiary/aromatic N) is 1. The van der Waals surface area contributed by atoms with Gasteiger partial charge in [-0.3, -0.25) is 4.79 Å². The first-order chi connectivity index (χ1) is 8.66. The van der Waals surface area contributed by atoms with Crippen LogP contribution in [0, 0.1) is 0 Å². The van der Waals surface area contributed by atoms with Crippen LogP contribution in [0.25, 0.3) is 0 Å². The third-order valence-corrected chi connectivity index (χ3v) is 3.63. The molecule has 0 aromatic heterocycles. The summed E-state index contributed by atoms with van der Waals surface area (Å²) in [6.45, 7) is 6.11. The second-order valence-electron chi connectivity index (χ2n) is 5.24. The molecule has 96 valence electrons. The molecular formula is C14H18N2O2. The van der Waals surface area contributed by atoms with Crippen LogP contribution >= 0.6 is 0 Å². The summed E-state index contributed by atoms with van der Waals surface area (Å²) < 4.78 is 5.74. The largest absolute Gasteiger partial charge is 0.489 e. The number of piperazine rings is 1. The standard InChI is InChI=1S/C14H18N2O2/c1-9(2)10-3-4-13-12(5-10)16-11(8-18-13)6-15-7-14(16)17/h3-5,9,11,15H,6-8H2,1-2H3. The third-order valence-electron chi connectivity index (χ3n) is 3.63. The zero-order chi connectivity index (χ0) is 12.7. The number of carbonyl (C=O) groups is 1. The van der Waals surface area contributed by atoms with Crippen molar-refractivity contribution in [2.75, 3.05) is 24.6 Å². The van der Waals surface area contributed by atoms with Crippen molar-refractivity contribution in [3.8, 4) is 5.75 Å². The Bertz CT molecular complexity index is 485. The lowest BCUT2D eigenvalue weighted by molar-refractivity contribution is -0.119. The van der Waals surface area contributed by atoms with Crippen LogP contribution in [0.2, 0.25) is 0 Å². The zero-order valence-corrected chi connectivity index (χ0v) is 10.8. The number of carbonyl (C=O) groups excluding carboxylic acids is 1. The molecule has 1 N–H and O–H groups in total. The smallest absolute Gasteiger partial charge is 0.241 e. The van der Waals surface area contributed by atoms with Gasteiger partial charge in [0.05, 0.1) is 18.3 Å². The number of hydrogen-bond donors (Lipinski definition) is 1. The molecule has 0 spiro atoms. The van der Waals surface area contributed by atoms with Crippen LogP contribution in [0.3, 0.4) is 0 Å². The van der Waals surface area contributed by atoms with Gasteiger partial charge in [-0.1, -0.05) is 19.9 Å². The molecule has 0 saturated carbocycles. The van der Waals surface area contributed by atoms with E-state index in [0.29, 0.717) is 19.1 Å². The Hall–Kier alpha value is -1.55. The first-order valence-corrected chi connectivity index (χ1v) is 6.46. The van der Waals surface area contributed by atoms with Crippen LogP contribution < -0.4 is 15.0 Å². The van der Waals surface area contributed by atoms with Crippen molar-refractivity contribution >= 4 is 11.6 Å². The van der Waals surface area contributed by atoms with Crippen molar-refractivity contribution in [2.24, 2.45) is 0 Å². The number of fused-ring (bicyclic) bond motifs is 3. The molecule has 0 bridgehead atoms. The molecule has 2 aliphatic heterocycles. The van der Waals surface area contributed by atoms with Crippen LogP contribution in [0.1, 0.15) is 25.3 Å². The van der Waals surface area contributed by atoms with Crippen molar-refractivity contribution in [3.63, 3.8) is 0 Å². The Morgan fingerprint density at radius 2 is 2.28 bits per heavy atom. The Morgan fingerprint density at radius 1 is 1.44 bits per heavy atom. The lowest BCUT2D eigenvalue weighted by Crippen LogP contribution is -2.59. The van der Waals surface area contributed by atoms with E-state index < -0.39 is 0 Å². The van der Waals surface area contributed by atoms with Gasteiger partial charge in [-0.15, -0.1) is 0 Å². The van der Waals surface area contributed by atoms with Crippen LogP contribution in [-0.2, 0) is 4.79 Å². The van der Waals surface area contributed by atoms with Crippen molar-refractivity contribution < 1.29 is 9.53 Å². The normalized spacial score (nSPS) is 22.5. The lowest BCUT2D eigenvalue weighted by atomic mass is 10.00. The van der Waals surface area contributed by atoms with E-state index in [0.717, 1.165) is 18.0 Å². The van der Waals surface area contributed by atoms with Gasteiger partial charge in [0, 0.05) is 6.54 Å². The Balaban J connectivity index is 2.05. The molecule has 1 amide bonds. The summed E-state index contributed by atoms with van der Waals surface area (Å²) in [5.74, 6) is 1.41. The van der Waals surface area contributed by atoms with Crippen LogP contribution in [-0.4, -0.2) is 31.6 Å². The van der Waals surface area contributed by atoms with Gasteiger partial charge in [-0.2, -0.15) is 0 Å². The molecule has 1 atom stereocenters. The fourth-order valence-electron chi connectivity index (χ4n) is 2.58. The lowest BCUT2D eigenvalue weighted by Gasteiger charge is -2.40. The molecule has 1 unspecified atom stereocenters. The monoisotopic (exact) mass is 246 g/mol. The summed E-state index contributed by atoms with van der Waals surface area (Å²) in [4.78, 5) is 14.0. The Kier molecular flexibility index (Phi) is 2.74. The SMILES string of the molecule is CC(C)c1ccc2c(c1)N1C(=O)CNCC1CO2. The molecule has 1 saturated heterocycles. The molecule has 3 rings (SSSR count). The summed E-state index contributed by atoms with van der Waals surface area (Å²) in [6.07, 6.45) is 0. The average molecular weight is 246 g/mol. The third kappa shape index (κ3) is 1.77. The fourth-order valence-corrected chi connectivity index (χ4v) is 2.58. The molecule has 4 nitrogen and oxygen atoms in total. The molecule has 4 heteroatoms. The van der Waals surface area contributed by atoms with Crippen molar-refractivity contribution in [2.45, 2.75) is 25.8 Å².